The number of nitrogens with one attached hydrogen (secondary N) is 1. The molecule has 1 N–H and O–H groups in total. The van der Waals surface area contributed by atoms with E-state index in [0.29, 0.717) is 4.88 Å². The first-order valence-corrected chi connectivity index (χ1v) is 5.58. The van der Waals surface area contributed by atoms with E-state index in [1.165, 1.54) is 0 Å². The maximum Gasteiger partial charge on any atom is 0.265 e. The molecule has 4 nitrogen and oxygen atoms in total. The average Bonchev–Trinajstić information content (AvgIpc) is 2.65. The number of aryl methyl sites for hydroxylation is 1. The Kier molecular flexibility index (Phi) is 4.00. The third-order valence-corrected chi connectivity index (χ3v) is 2.85. The van der Waals surface area contributed by atoms with Crippen LogP contribution >= 0.6 is 11.5 Å². The second-order valence-electron chi connectivity index (χ2n) is 3.19. The Labute approximate surface area is 87.9 Å². The Morgan fingerprint density at radius 3 is 2.86 bits per heavy atom. The first kappa shape index (κ1) is 11.1. The van der Waals surface area contributed by atoms with E-state index >= 15 is 0 Å². The summed E-state index contributed by atoms with van der Waals surface area (Å²) >= 11 is 1.16. The Hall–Kier alpha value is -0.970. The zero-order chi connectivity index (χ0) is 10.6. The molecule has 5 heteroatoms. The third-order valence-electron chi connectivity index (χ3n) is 2.09. The summed E-state index contributed by atoms with van der Waals surface area (Å²) in [5, 5.41) is 6.79. The van der Waals surface area contributed by atoms with Crippen molar-refractivity contribution in [2.75, 3.05) is 0 Å². The first-order valence-electron chi connectivity index (χ1n) is 4.81. The molecule has 1 unspecified atom stereocenters. The molecule has 0 radical (unpaired) electrons. The van der Waals surface area contributed by atoms with Crippen LogP contribution in [0.4, 0.5) is 0 Å². The van der Waals surface area contributed by atoms with Crippen LogP contribution in [-0.4, -0.2) is 21.5 Å². The maximum absolute atomic E-state index is 11.7. The van der Waals surface area contributed by atoms with Gasteiger partial charge in [0.1, 0.15) is 4.88 Å². The highest BCUT2D eigenvalue weighted by molar-refractivity contribution is 7.08. The molecule has 1 aromatic heterocycles. The van der Waals surface area contributed by atoms with Crippen molar-refractivity contribution in [1.82, 2.24) is 14.9 Å². The molecule has 1 atom stereocenters. The van der Waals surface area contributed by atoms with E-state index < -0.39 is 0 Å². The summed E-state index contributed by atoms with van der Waals surface area (Å²) in [4.78, 5) is 12.3. The van der Waals surface area contributed by atoms with Crippen molar-refractivity contribution in [3.05, 3.63) is 10.6 Å². The lowest BCUT2D eigenvalue weighted by Gasteiger charge is -2.09. The van der Waals surface area contributed by atoms with E-state index in [-0.39, 0.29) is 11.9 Å². The molecule has 0 bridgehead atoms. The second kappa shape index (κ2) is 5.05. The number of amides is 1. The van der Waals surface area contributed by atoms with Gasteiger partial charge in [0.15, 0.2) is 0 Å². The molecule has 14 heavy (non-hydrogen) atoms. The lowest BCUT2D eigenvalue weighted by molar-refractivity contribution is 0.0942. The van der Waals surface area contributed by atoms with E-state index in [4.69, 9.17) is 0 Å². The van der Waals surface area contributed by atoms with Crippen LogP contribution in [0.15, 0.2) is 0 Å². The largest absolute Gasteiger partial charge is 0.349 e. The van der Waals surface area contributed by atoms with Gasteiger partial charge in [-0.3, -0.25) is 4.79 Å². The van der Waals surface area contributed by atoms with Gasteiger partial charge in [0.25, 0.3) is 5.91 Å². The highest BCUT2D eigenvalue weighted by Gasteiger charge is 2.15. The predicted octanol–water partition coefficient (Wildman–Crippen LogP) is 1.63. The van der Waals surface area contributed by atoms with Gasteiger partial charge < -0.3 is 5.32 Å². The van der Waals surface area contributed by atoms with Crippen LogP contribution in [0, 0.1) is 0 Å². The molecule has 0 saturated heterocycles. The van der Waals surface area contributed by atoms with Crippen molar-refractivity contribution in [3.63, 3.8) is 0 Å². The van der Waals surface area contributed by atoms with E-state index in [0.717, 1.165) is 30.1 Å². The van der Waals surface area contributed by atoms with Gasteiger partial charge in [-0.1, -0.05) is 18.3 Å². The molecule has 1 rings (SSSR count). The summed E-state index contributed by atoms with van der Waals surface area (Å²) < 4.78 is 3.78. The molecule has 0 aromatic carbocycles. The summed E-state index contributed by atoms with van der Waals surface area (Å²) in [6, 6.07) is 0.203. The standard InChI is InChI=1S/C9H15N3OS/c1-4-6(3)10-9(13)8-7(5-2)11-12-14-8/h6H,4-5H2,1-3H3,(H,10,13). The van der Waals surface area contributed by atoms with E-state index in [2.05, 4.69) is 14.9 Å². The Bertz CT molecular complexity index is 311. The van der Waals surface area contributed by atoms with Crippen LogP contribution in [0.3, 0.4) is 0 Å². The summed E-state index contributed by atoms with van der Waals surface area (Å²) in [7, 11) is 0. The molecule has 0 fully saturated rings. The van der Waals surface area contributed by atoms with Gasteiger partial charge in [-0.2, -0.15) is 0 Å². The Morgan fingerprint density at radius 2 is 2.29 bits per heavy atom. The molecule has 0 saturated carbocycles. The van der Waals surface area contributed by atoms with Crippen LogP contribution in [0.25, 0.3) is 0 Å². The summed E-state index contributed by atoms with van der Waals surface area (Å²) in [6.07, 6.45) is 1.68. The summed E-state index contributed by atoms with van der Waals surface area (Å²) in [5.41, 5.74) is 0.788. The molecule has 1 amide bonds. The Morgan fingerprint density at radius 1 is 1.57 bits per heavy atom. The zero-order valence-corrected chi connectivity index (χ0v) is 9.52. The predicted molar refractivity (Wildman–Crippen MR) is 56.5 cm³/mol. The van der Waals surface area contributed by atoms with E-state index in [9.17, 15) is 4.79 Å². The summed E-state index contributed by atoms with van der Waals surface area (Å²) in [6.45, 7) is 5.99. The van der Waals surface area contributed by atoms with Gasteiger partial charge in [0.2, 0.25) is 0 Å². The molecule has 78 valence electrons. The third kappa shape index (κ3) is 2.51. The quantitative estimate of drug-likeness (QED) is 0.827. The normalized spacial score (nSPS) is 12.5. The number of nitrogens with zero attached hydrogens (tertiary/aromatic N) is 2. The van der Waals surface area contributed by atoms with Crippen molar-refractivity contribution in [2.45, 2.75) is 39.7 Å². The van der Waals surface area contributed by atoms with Crippen molar-refractivity contribution in [3.8, 4) is 0 Å². The van der Waals surface area contributed by atoms with Crippen LogP contribution in [0.2, 0.25) is 0 Å². The lowest BCUT2D eigenvalue weighted by atomic mass is 10.2. The molecule has 0 spiro atoms. The fourth-order valence-electron chi connectivity index (χ4n) is 1.00. The molecular formula is C9H15N3OS. The minimum absolute atomic E-state index is 0.0498. The second-order valence-corrected chi connectivity index (χ2v) is 3.94. The van der Waals surface area contributed by atoms with Crippen LogP contribution in [0.5, 0.6) is 0 Å². The van der Waals surface area contributed by atoms with Crippen molar-refractivity contribution < 1.29 is 4.79 Å². The number of hydrogen-bond donors (Lipinski definition) is 1. The van der Waals surface area contributed by atoms with Gasteiger partial charge in [0, 0.05) is 6.04 Å². The fraction of sp³-hybridized carbons (Fsp3) is 0.667. The van der Waals surface area contributed by atoms with Gasteiger partial charge in [0.05, 0.1) is 5.69 Å². The van der Waals surface area contributed by atoms with Gasteiger partial charge in [-0.25, -0.2) is 0 Å². The monoisotopic (exact) mass is 213 g/mol. The molecular weight excluding hydrogens is 198 g/mol. The number of carbonyl (C=O) groups is 1. The number of aromatic nitrogens is 2. The molecule has 1 heterocycles. The topological polar surface area (TPSA) is 54.9 Å². The van der Waals surface area contributed by atoms with Crippen LogP contribution < -0.4 is 5.32 Å². The highest BCUT2D eigenvalue weighted by atomic mass is 32.1. The average molecular weight is 213 g/mol. The van der Waals surface area contributed by atoms with Crippen LogP contribution in [-0.2, 0) is 6.42 Å². The SMILES string of the molecule is CCc1nnsc1C(=O)NC(C)CC. The zero-order valence-electron chi connectivity index (χ0n) is 8.70. The van der Waals surface area contributed by atoms with Crippen molar-refractivity contribution in [1.29, 1.82) is 0 Å². The fourth-order valence-corrected chi connectivity index (χ4v) is 1.66. The number of rotatable bonds is 4. The molecule has 1 aromatic rings. The van der Waals surface area contributed by atoms with E-state index in [1.807, 2.05) is 20.8 Å². The molecule has 0 aliphatic rings. The highest BCUT2D eigenvalue weighted by Crippen LogP contribution is 2.11. The minimum atomic E-state index is -0.0498. The van der Waals surface area contributed by atoms with Crippen molar-refractivity contribution in [2.24, 2.45) is 0 Å². The minimum Gasteiger partial charge on any atom is -0.349 e. The van der Waals surface area contributed by atoms with Gasteiger partial charge >= 0.3 is 0 Å². The van der Waals surface area contributed by atoms with Crippen molar-refractivity contribution >= 4 is 17.4 Å². The van der Waals surface area contributed by atoms with Gasteiger partial charge in [-0.05, 0) is 31.3 Å². The smallest absolute Gasteiger partial charge is 0.265 e. The van der Waals surface area contributed by atoms with E-state index in [1.54, 1.807) is 0 Å². The first-order chi connectivity index (χ1) is 6.69. The number of hydrogen-bond acceptors (Lipinski definition) is 4. The molecule has 0 aliphatic carbocycles. The Balaban J connectivity index is 2.69. The number of carbonyl (C=O) groups excluding carboxylic acids is 1. The van der Waals surface area contributed by atoms with Gasteiger partial charge in [-0.15, -0.1) is 5.10 Å². The summed E-state index contributed by atoms with van der Waals surface area (Å²) in [5.74, 6) is -0.0498. The molecule has 0 aliphatic heterocycles. The maximum atomic E-state index is 11.7. The lowest BCUT2D eigenvalue weighted by Crippen LogP contribution is -2.31. The van der Waals surface area contributed by atoms with Crippen LogP contribution in [0.1, 0.15) is 42.6 Å².